The van der Waals surface area contributed by atoms with Gasteiger partial charge in [-0.2, -0.15) is 0 Å². The maximum atomic E-state index is 13.0. The van der Waals surface area contributed by atoms with E-state index < -0.39 is 0 Å². The molecule has 7 heteroatoms. The van der Waals surface area contributed by atoms with Crippen molar-refractivity contribution in [1.82, 2.24) is 14.8 Å². The fraction of sp³-hybridized carbons (Fsp3) is 0.500. The van der Waals surface area contributed by atoms with E-state index in [1.165, 1.54) is 11.3 Å². The smallest absolute Gasteiger partial charge is 0.265 e. The summed E-state index contributed by atoms with van der Waals surface area (Å²) in [6, 6.07) is 9.10. The molecular weight excluding hydrogens is 386 g/mol. The molecule has 2 fully saturated rings. The normalized spacial score (nSPS) is 21.0. The lowest BCUT2D eigenvalue weighted by Gasteiger charge is -2.39. The first-order valence-corrected chi connectivity index (χ1v) is 10.9. The van der Waals surface area contributed by atoms with Crippen LogP contribution in [0.15, 0.2) is 30.3 Å². The number of aromatic nitrogens is 1. The zero-order chi connectivity index (χ0) is 20.6. The molecule has 3 heterocycles. The Morgan fingerprint density at radius 1 is 1.17 bits per heavy atom. The molecule has 0 bridgehead atoms. The van der Waals surface area contributed by atoms with Gasteiger partial charge in [0.25, 0.3) is 11.8 Å². The molecule has 154 valence electrons. The second kappa shape index (κ2) is 7.88. The lowest BCUT2D eigenvalue weighted by atomic mass is 9.76. The highest BCUT2D eigenvalue weighted by Crippen LogP contribution is 2.44. The molecule has 29 heavy (non-hydrogen) atoms. The number of aliphatic hydroxyl groups is 1. The molecule has 2 aliphatic rings. The van der Waals surface area contributed by atoms with Crippen LogP contribution < -0.4 is 0 Å². The molecule has 2 aromatic rings. The van der Waals surface area contributed by atoms with E-state index in [2.05, 4.69) is 4.98 Å². The Balaban J connectivity index is 1.45. The maximum absolute atomic E-state index is 13.0. The van der Waals surface area contributed by atoms with Crippen LogP contribution in [0.25, 0.3) is 0 Å². The number of thiazole rings is 1. The molecule has 0 radical (unpaired) electrons. The van der Waals surface area contributed by atoms with E-state index in [1.54, 1.807) is 0 Å². The van der Waals surface area contributed by atoms with Gasteiger partial charge >= 0.3 is 0 Å². The van der Waals surface area contributed by atoms with Crippen LogP contribution >= 0.6 is 11.3 Å². The maximum Gasteiger partial charge on any atom is 0.265 e. The van der Waals surface area contributed by atoms with Crippen molar-refractivity contribution in [3.8, 4) is 0 Å². The third-order valence-electron chi connectivity index (χ3n) is 6.32. The summed E-state index contributed by atoms with van der Waals surface area (Å²) in [4.78, 5) is 34.8. The fourth-order valence-corrected chi connectivity index (χ4v) is 5.62. The van der Waals surface area contributed by atoms with Gasteiger partial charge in [-0.15, -0.1) is 11.3 Å². The third kappa shape index (κ3) is 3.81. The first-order valence-electron chi connectivity index (χ1n) is 10.1. The first kappa shape index (κ1) is 20.0. The second-order valence-corrected chi connectivity index (χ2v) is 9.48. The largest absolute Gasteiger partial charge is 0.394 e. The van der Waals surface area contributed by atoms with Gasteiger partial charge < -0.3 is 14.9 Å². The van der Waals surface area contributed by atoms with Crippen LogP contribution in [0.1, 0.15) is 50.0 Å². The van der Waals surface area contributed by atoms with Crippen molar-refractivity contribution in [2.24, 2.45) is 5.41 Å². The van der Waals surface area contributed by atoms with E-state index in [9.17, 15) is 14.7 Å². The predicted molar refractivity (Wildman–Crippen MR) is 112 cm³/mol. The van der Waals surface area contributed by atoms with E-state index in [1.807, 2.05) is 54.0 Å². The van der Waals surface area contributed by atoms with Gasteiger partial charge in [-0.05, 0) is 50.7 Å². The van der Waals surface area contributed by atoms with Crippen molar-refractivity contribution in [2.75, 3.05) is 26.2 Å². The number of likely N-dealkylation sites (tertiary alicyclic amines) is 2. The van der Waals surface area contributed by atoms with Crippen LogP contribution in [0.5, 0.6) is 0 Å². The molecule has 1 atom stereocenters. The van der Waals surface area contributed by atoms with Crippen LogP contribution in [0.3, 0.4) is 0 Å². The Labute approximate surface area is 175 Å². The lowest BCUT2D eigenvalue weighted by Crippen LogP contribution is -2.44. The van der Waals surface area contributed by atoms with Gasteiger partial charge in [-0.25, -0.2) is 4.98 Å². The van der Waals surface area contributed by atoms with Crippen LogP contribution in [0.4, 0.5) is 0 Å². The van der Waals surface area contributed by atoms with Crippen LogP contribution in [-0.4, -0.2) is 64.0 Å². The van der Waals surface area contributed by atoms with Crippen LogP contribution in [0.2, 0.25) is 0 Å². The molecule has 1 spiro atoms. The SMILES string of the molecule is Cc1nc(C)c(C(=O)N2CCC3(CC2)CC(CO)N(C(=O)c2ccccc2)C3)s1. The molecule has 2 aliphatic heterocycles. The van der Waals surface area contributed by atoms with Gasteiger partial charge in [0.1, 0.15) is 4.88 Å². The molecule has 2 saturated heterocycles. The summed E-state index contributed by atoms with van der Waals surface area (Å²) >= 11 is 1.46. The van der Waals surface area contributed by atoms with Crippen LogP contribution in [-0.2, 0) is 0 Å². The number of aliphatic hydroxyl groups excluding tert-OH is 1. The minimum absolute atomic E-state index is 0.0178. The van der Waals surface area contributed by atoms with Gasteiger partial charge in [0.15, 0.2) is 0 Å². The van der Waals surface area contributed by atoms with Crippen molar-refractivity contribution in [3.63, 3.8) is 0 Å². The van der Waals surface area contributed by atoms with Crippen molar-refractivity contribution in [2.45, 2.75) is 39.2 Å². The molecule has 1 aromatic carbocycles. The Bertz CT molecular complexity index is 903. The molecule has 0 saturated carbocycles. The number of rotatable bonds is 3. The van der Waals surface area contributed by atoms with Crippen LogP contribution in [0, 0.1) is 19.3 Å². The Hall–Kier alpha value is -2.25. The number of piperidine rings is 1. The summed E-state index contributed by atoms with van der Waals surface area (Å²) in [6.07, 6.45) is 2.50. The van der Waals surface area contributed by atoms with Crippen molar-refractivity contribution in [3.05, 3.63) is 51.5 Å². The standard InChI is InChI=1S/C22H27N3O3S/c1-15-19(29-16(2)23-15)21(28)24-10-8-22(9-11-24)12-18(13-26)25(14-22)20(27)17-6-4-3-5-7-17/h3-7,18,26H,8-14H2,1-2H3. The second-order valence-electron chi connectivity index (χ2n) is 8.28. The molecule has 1 aromatic heterocycles. The Morgan fingerprint density at radius 3 is 2.45 bits per heavy atom. The van der Waals surface area contributed by atoms with E-state index in [4.69, 9.17) is 0 Å². The zero-order valence-electron chi connectivity index (χ0n) is 16.9. The highest BCUT2D eigenvalue weighted by molar-refractivity contribution is 7.13. The topological polar surface area (TPSA) is 73.7 Å². The number of benzene rings is 1. The average Bonchev–Trinajstić information content (AvgIpc) is 3.27. The number of nitrogens with zero attached hydrogens (tertiary/aromatic N) is 3. The van der Waals surface area contributed by atoms with Crippen molar-refractivity contribution >= 4 is 23.2 Å². The number of hydrogen-bond acceptors (Lipinski definition) is 5. The highest BCUT2D eigenvalue weighted by atomic mass is 32.1. The summed E-state index contributed by atoms with van der Waals surface area (Å²) in [5.41, 5.74) is 1.44. The molecular formula is C22H27N3O3S. The lowest BCUT2D eigenvalue weighted by molar-refractivity contribution is 0.0562. The van der Waals surface area contributed by atoms with Gasteiger partial charge in [-0.1, -0.05) is 18.2 Å². The summed E-state index contributed by atoms with van der Waals surface area (Å²) < 4.78 is 0. The molecule has 0 aliphatic carbocycles. The van der Waals surface area contributed by atoms with E-state index in [-0.39, 0.29) is 29.9 Å². The minimum Gasteiger partial charge on any atom is -0.394 e. The Kier molecular flexibility index (Phi) is 5.44. The minimum atomic E-state index is -0.156. The number of carbonyl (C=O) groups is 2. The van der Waals surface area contributed by atoms with E-state index >= 15 is 0 Å². The molecule has 1 unspecified atom stereocenters. The number of carbonyl (C=O) groups excluding carboxylic acids is 2. The summed E-state index contributed by atoms with van der Waals surface area (Å²) in [5.74, 6) is 0.0488. The quantitative estimate of drug-likeness (QED) is 0.840. The first-order chi connectivity index (χ1) is 13.9. The van der Waals surface area contributed by atoms with Gasteiger partial charge in [0.05, 0.1) is 23.4 Å². The zero-order valence-corrected chi connectivity index (χ0v) is 17.7. The van der Waals surface area contributed by atoms with E-state index in [0.29, 0.717) is 25.2 Å². The highest BCUT2D eigenvalue weighted by Gasteiger charge is 2.47. The number of aryl methyl sites for hydroxylation is 2. The molecule has 2 amide bonds. The van der Waals surface area contributed by atoms with Gasteiger partial charge in [0, 0.05) is 25.2 Å². The fourth-order valence-electron chi connectivity index (χ4n) is 4.73. The Morgan fingerprint density at radius 2 is 1.86 bits per heavy atom. The van der Waals surface area contributed by atoms with Crippen molar-refractivity contribution < 1.29 is 14.7 Å². The summed E-state index contributed by atoms with van der Waals surface area (Å²) in [6.45, 7) is 5.79. The van der Waals surface area contributed by atoms with Gasteiger partial charge in [-0.3, -0.25) is 9.59 Å². The van der Waals surface area contributed by atoms with E-state index in [0.717, 1.165) is 34.8 Å². The third-order valence-corrected chi connectivity index (χ3v) is 7.38. The monoisotopic (exact) mass is 413 g/mol. The predicted octanol–water partition coefficient (Wildman–Crippen LogP) is 2.89. The van der Waals surface area contributed by atoms with Crippen molar-refractivity contribution in [1.29, 1.82) is 0 Å². The molecule has 6 nitrogen and oxygen atoms in total. The number of amides is 2. The van der Waals surface area contributed by atoms with Gasteiger partial charge in [0.2, 0.25) is 0 Å². The molecule has 1 N–H and O–H groups in total. The summed E-state index contributed by atoms with van der Waals surface area (Å²) in [5, 5.41) is 10.8. The number of hydrogen-bond donors (Lipinski definition) is 1. The molecule has 4 rings (SSSR count). The summed E-state index contributed by atoms with van der Waals surface area (Å²) in [7, 11) is 0. The average molecular weight is 414 g/mol.